The molecule has 0 unspecified atom stereocenters. The van der Waals surface area contributed by atoms with E-state index >= 15 is 0 Å². The predicted octanol–water partition coefficient (Wildman–Crippen LogP) is 3.61. The van der Waals surface area contributed by atoms with Gasteiger partial charge in [-0.1, -0.05) is 24.1 Å². The summed E-state index contributed by atoms with van der Waals surface area (Å²) in [5, 5.41) is 2.45. The molecule has 0 saturated heterocycles. The maximum Gasteiger partial charge on any atom is 0.408 e. The Bertz CT molecular complexity index is 958. The summed E-state index contributed by atoms with van der Waals surface area (Å²) in [6, 6.07) is 8.68. The summed E-state index contributed by atoms with van der Waals surface area (Å²) >= 11 is 0. The molecule has 2 aromatic rings. The van der Waals surface area contributed by atoms with Gasteiger partial charge < -0.3 is 19.5 Å². The molecule has 31 heavy (non-hydrogen) atoms. The fourth-order valence-electron chi connectivity index (χ4n) is 2.35. The zero-order chi connectivity index (χ0) is 22.9. The average molecular weight is 428 g/mol. The van der Waals surface area contributed by atoms with Gasteiger partial charge in [0, 0.05) is 12.0 Å². The summed E-state index contributed by atoms with van der Waals surface area (Å²) in [7, 11) is 1.22. The molecule has 0 aliphatic carbocycles. The van der Waals surface area contributed by atoms with E-state index < -0.39 is 23.7 Å². The molecule has 1 N–H and O–H groups in total. The van der Waals surface area contributed by atoms with Gasteiger partial charge in [-0.3, -0.25) is 0 Å². The molecule has 1 aromatic carbocycles. The molecule has 1 atom stereocenters. The highest BCUT2D eigenvalue weighted by atomic mass is 19.1. The first kappa shape index (κ1) is 23.7. The largest absolute Gasteiger partial charge is 0.487 e. The molecular weight excluding hydrogens is 403 g/mol. The van der Waals surface area contributed by atoms with Crippen molar-refractivity contribution in [2.24, 2.45) is 0 Å². The number of carbonyl (C=O) groups excluding carboxylic acids is 2. The second-order valence-electron chi connectivity index (χ2n) is 7.49. The molecule has 0 bridgehead atoms. The van der Waals surface area contributed by atoms with Crippen molar-refractivity contribution in [2.75, 3.05) is 7.11 Å². The van der Waals surface area contributed by atoms with E-state index in [1.54, 1.807) is 51.1 Å². The van der Waals surface area contributed by atoms with Crippen LogP contribution in [0.5, 0.6) is 5.75 Å². The second-order valence-corrected chi connectivity index (χ2v) is 7.49. The van der Waals surface area contributed by atoms with E-state index in [1.165, 1.54) is 19.4 Å². The number of rotatable bonds is 6. The van der Waals surface area contributed by atoms with Crippen LogP contribution in [0.15, 0.2) is 42.6 Å². The van der Waals surface area contributed by atoms with Gasteiger partial charge in [0.2, 0.25) is 0 Å². The van der Waals surface area contributed by atoms with Gasteiger partial charge in [-0.05, 0) is 44.9 Å². The fraction of sp³-hybridized carbons (Fsp3) is 0.348. The van der Waals surface area contributed by atoms with Crippen LogP contribution in [0.1, 0.15) is 38.4 Å². The van der Waals surface area contributed by atoms with Gasteiger partial charge in [-0.2, -0.15) is 0 Å². The predicted molar refractivity (Wildman–Crippen MR) is 112 cm³/mol. The topological polar surface area (TPSA) is 86.8 Å². The average Bonchev–Trinajstić information content (AvgIpc) is 2.71. The van der Waals surface area contributed by atoms with Crippen LogP contribution in [0.25, 0.3) is 0 Å². The first-order valence-electron chi connectivity index (χ1n) is 9.56. The van der Waals surface area contributed by atoms with Crippen molar-refractivity contribution >= 4 is 12.1 Å². The van der Waals surface area contributed by atoms with Gasteiger partial charge in [0.05, 0.1) is 13.3 Å². The fourth-order valence-corrected chi connectivity index (χ4v) is 2.35. The Kier molecular flexibility index (Phi) is 8.38. The number of pyridine rings is 1. The Balaban J connectivity index is 1.94. The summed E-state index contributed by atoms with van der Waals surface area (Å²) in [4.78, 5) is 28.0. The Morgan fingerprint density at radius 2 is 1.94 bits per heavy atom. The molecule has 8 heteroatoms. The molecule has 1 aromatic heterocycles. The van der Waals surface area contributed by atoms with E-state index in [0.717, 1.165) is 0 Å². The number of esters is 1. The van der Waals surface area contributed by atoms with E-state index in [4.69, 9.17) is 14.2 Å². The minimum absolute atomic E-state index is 0.0130. The molecule has 0 aliphatic rings. The standard InChI is InChI=1S/C23H25FN2O5/c1-23(2,3)31-22(28)26-20(21(27)29-4)11-7-9-17-12-13-18(14-25-17)30-15-16-8-5-6-10-19(16)24/h5-6,8,10,12-14,20H,11,15H2,1-4H3,(H,26,28)/t20-/m0/s1. The van der Waals surface area contributed by atoms with Crippen LogP contribution >= 0.6 is 0 Å². The Morgan fingerprint density at radius 3 is 2.55 bits per heavy atom. The summed E-state index contributed by atoms with van der Waals surface area (Å²) in [5.74, 6) is 5.10. The monoisotopic (exact) mass is 428 g/mol. The van der Waals surface area contributed by atoms with Crippen LogP contribution in [0, 0.1) is 17.7 Å². The molecule has 0 saturated carbocycles. The number of halogens is 1. The van der Waals surface area contributed by atoms with Crippen molar-refractivity contribution in [3.05, 3.63) is 59.7 Å². The quantitative estimate of drug-likeness (QED) is 0.559. The third-order valence-corrected chi connectivity index (χ3v) is 3.79. The molecule has 2 rings (SSSR count). The van der Waals surface area contributed by atoms with E-state index in [1.807, 2.05) is 0 Å². The number of ether oxygens (including phenoxy) is 3. The second kappa shape index (κ2) is 11.0. The van der Waals surface area contributed by atoms with Crippen molar-refractivity contribution in [1.82, 2.24) is 10.3 Å². The highest BCUT2D eigenvalue weighted by Crippen LogP contribution is 2.14. The molecule has 7 nitrogen and oxygen atoms in total. The molecule has 0 radical (unpaired) electrons. The van der Waals surface area contributed by atoms with Gasteiger partial charge in [0.15, 0.2) is 0 Å². The summed E-state index contributed by atoms with van der Waals surface area (Å²) in [5.41, 5.74) is 0.188. The summed E-state index contributed by atoms with van der Waals surface area (Å²) < 4.78 is 29.0. The van der Waals surface area contributed by atoms with Gasteiger partial charge >= 0.3 is 12.1 Å². The Labute approximate surface area is 180 Å². The van der Waals surface area contributed by atoms with Crippen LogP contribution in [-0.4, -0.2) is 35.8 Å². The lowest BCUT2D eigenvalue weighted by molar-refractivity contribution is -0.143. The molecule has 1 amide bonds. The number of carbonyl (C=O) groups is 2. The van der Waals surface area contributed by atoms with Crippen LogP contribution in [0.3, 0.4) is 0 Å². The van der Waals surface area contributed by atoms with Crippen molar-refractivity contribution in [3.63, 3.8) is 0 Å². The zero-order valence-electron chi connectivity index (χ0n) is 17.9. The lowest BCUT2D eigenvalue weighted by atomic mass is 10.2. The van der Waals surface area contributed by atoms with E-state index in [0.29, 0.717) is 17.0 Å². The van der Waals surface area contributed by atoms with E-state index in [9.17, 15) is 14.0 Å². The van der Waals surface area contributed by atoms with Gasteiger partial charge in [-0.15, -0.1) is 0 Å². The zero-order valence-corrected chi connectivity index (χ0v) is 17.9. The van der Waals surface area contributed by atoms with Crippen LogP contribution in [0.2, 0.25) is 0 Å². The number of benzene rings is 1. The number of alkyl carbamates (subject to hydrolysis) is 1. The van der Waals surface area contributed by atoms with E-state index in [-0.39, 0.29) is 18.8 Å². The minimum atomic E-state index is -0.976. The van der Waals surface area contributed by atoms with Crippen LogP contribution < -0.4 is 10.1 Å². The SMILES string of the molecule is COC(=O)[C@H](CC#Cc1ccc(OCc2ccccc2F)cn1)NC(=O)OC(C)(C)C. The molecule has 0 fully saturated rings. The van der Waals surface area contributed by atoms with Gasteiger partial charge in [0.1, 0.15) is 35.5 Å². The molecule has 0 spiro atoms. The molecule has 1 heterocycles. The Hall–Kier alpha value is -3.60. The Morgan fingerprint density at radius 1 is 1.19 bits per heavy atom. The molecule has 164 valence electrons. The van der Waals surface area contributed by atoms with E-state index in [2.05, 4.69) is 22.1 Å². The highest BCUT2D eigenvalue weighted by Gasteiger charge is 2.24. The van der Waals surface area contributed by atoms with Gasteiger partial charge in [0.25, 0.3) is 0 Å². The van der Waals surface area contributed by atoms with Crippen molar-refractivity contribution < 1.29 is 28.2 Å². The summed E-state index contributed by atoms with van der Waals surface area (Å²) in [6.07, 6.45) is 0.750. The van der Waals surface area contributed by atoms with Crippen LogP contribution in [-0.2, 0) is 20.9 Å². The van der Waals surface area contributed by atoms with Crippen molar-refractivity contribution in [2.45, 2.75) is 45.4 Å². The first-order chi connectivity index (χ1) is 14.7. The number of aromatic nitrogens is 1. The number of methoxy groups -OCH3 is 1. The van der Waals surface area contributed by atoms with Crippen LogP contribution in [0.4, 0.5) is 9.18 Å². The number of nitrogens with one attached hydrogen (secondary N) is 1. The maximum atomic E-state index is 13.6. The molecular formula is C23H25FN2O5. The van der Waals surface area contributed by atoms with Crippen molar-refractivity contribution in [1.29, 1.82) is 0 Å². The number of nitrogens with zero attached hydrogens (tertiary/aromatic N) is 1. The third-order valence-electron chi connectivity index (χ3n) is 3.79. The van der Waals surface area contributed by atoms with Crippen molar-refractivity contribution in [3.8, 4) is 17.6 Å². The molecule has 0 aliphatic heterocycles. The smallest absolute Gasteiger partial charge is 0.408 e. The minimum Gasteiger partial charge on any atom is -0.487 e. The maximum absolute atomic E-state index is 13.6. The number of hydrogen-bond acceptors (Lipinski definition) is 6. The third kappa shape index (κ3) is 8.34. The number of hydrogen-bond donors (Lipinski definition) is 1. The first-order valence-corrected chi connectivity index (χ1v) is 9.56. The summed E-state index contributed by atoms with van der Waals surface area (Å²) in [6.45, 7) is 5.23. The lowest BCUT2D eigenvalue weighted by Gasteiger charge is -2.21. The lowest BCUT2D eigenvalue weighted by Crippen LogP contribution is -2.43. The number of amides is 1. The normalized spacial score (nSPS) is 11.5. The highest BCUT2D eigenvalue weighted by molar-refractivity contribution is 5.81. The van der Waals surface area contributed by atoms with Gasteiger partial charge in [-0.25, -0.2) is 19.0 Å².